The quantitative estimate of drug-likeness (QED) is 0.419. The van der Waals surface area contributed by atoms with Crippen LogP contribution in [0.15, 0.2) is 10.5 Å². The third kappa shape index (κ3) is 2.93. The van der Waals surface area contributed by atoms with E-state index in [9.17, 15) is 10.1 Å². The Labute approximate surface area is 137 Å². The first-order valence-electron chi connectivity index (χ1n) is 5.85. The lowest BCUT2D eigenvalue weighted by molar-refractivity contribution is -0.384. The molecule has 7 nitrogen and oxygen atoms in total. The van der Waals surface area contributed by atoms with Crippen LogP contribution >= 0.6 is 31.9 Å². The molecule has 0 unspecified atom stereocenters. The molecule has 21 heavy (non-hydrogen) atoms. The molecular formula is C12H11Br2N3O4. The highest BCUT2D eigenvalue weighted by Gasteiger charge is 2.24. The molecule has 2 aromatic rings. The van der Waals surface area contributed by atoms with Crippen LogP contribution in [0.1, 0.15) is 5.56 Å². The Bertz CT molecular complexity index is 709. The Kier molecular flexibility index (Phi) is 4.94. The van der Waals surface area contributed by atoms with Crippen molar-refractivity contribution in [2.45, 2.75) is 6.42 Å². The number of fused-ring (bicyclic) bond motifs is 1. The van der Waals surface area contributed by atoms with Crippen LogP contribution < -0.4 is 9.47 Å². The Morgan fingerprint density at radius 3 is 2.29 bits per heavy atom. The number of nitrogens with zero attached hydrogens (tertiary/aromatic N) is 3. The minimum Gasteiger partial charge on any atom is -0.477 e. The van der Waals surface area contributed by atoms with Crippen molar-refractivity contribution in [1.82, 2.24) is 9.97 Å². The zero-order valence-electron chi connectivity index (χ0n) is 11.2. The summed E-state index contributed by atoms with van der Waals surface area (Å²) < 4.78 is 10.5. The van der Waals surface area contributed by atoms with Crippen LogP contribution in [0.25, 0.3) is 11.0 Å². The SMILES string of the molecule is COc1nc2c(CCBr)cc(Br)c([N+](=O)[O-])c2nc1OC. The third-order valence-electron chi connectivity index (χ3n) is 2.82. The molecule has 0 N–H and O–H groups in total. The molecule has 1 heterocycles. The van der Waals surface area contributed by atoms with Crippen LogP contribution in [0.4, 0.5) is 5.69 Å². The normalized spacial score (nSPS) is 10.7. The van der Waals surface area contributed by atoms with Gasteiger partial charge in [-0.1, -0.05) is 15.9 Å². The van der Waals surface area contributed by atoms with Crippen molar-refractivity contribution in [3.8, 4) is 11.8 Å². The predicted molar refractivity (Wildman–Crippen MR) is 84.5 cm³/mol. The van der Waals surface area contributed by atoms with Gasteiger partial charge in [0, 0.05) is 5.33 Å². The van der Waals surface area contributed by atoms with Gasteiger partial charge in [0.15, 0.2) is 5.52 Å². The summed E-state index contributed by atoms with van der Waals surface area (Å²) in [7, 11) is 2.84. The highest BCUT2D eigenvalue weighted by molar-refractivity contribution is 9.10. The molecule has 9 heteroatoms. The first kappa shape index (κ1) is 15.9. The minimum atomic E-state index is -0.495. The number of alkyl halides is 1. The Morgan fingerprint density at radius 2 is 1.81 bits per heavy atom. The Balaban J connectivity index is 2.90. The van der Waals surface area contributed by atoms with Crippen molar-refractivity contribution in [2.24, 2.45) is 0 Å². The summed E-state index contributed by atoms with van der Waals surface area (Å²) >= 11 is 6.58. The number of ether oxygens (including phenoxy) is 2. The zero-order valence-corrected chi connectivity index (χ0v) is 14.4. The number of halogens is 2. The van der Waals surface area contributed by atoms with Gasteiger partial charge in [0.1, 0.15) is 5.52 Å². The smallest absolute Gasteiger partial charge is 0.311 e. The maximum Gasteiger partial charge on any atom is 0.311 e. The molecule has 0 aliphatic rings. The van der Waals surface area contributed by atoms with Crippen LogP contribution in [-0.2, 0) is 6.42 Å². The molecule has 0 fully saturated rings. The average Bonchev–Trinajstić information content (AvgIpc) is 2.45. The highest BCUT2D eigenvalue weighted by Crippen LogP contribution is 2.37. The van der Waals surface area contributed by atoms with E-state index in [0.717, 1.165) is 5.56 Å². The van der Waals surface area contributed by atoms with Crippen molar-refractivity contribution in [3.63, 3.8) is 0 Å². The number of hydrogen-bond donors (Lipinski definition) is 0. The molecule has 0 aliphatic carbocycles. The number of nitro groups is 1. The minimum absolute atomic E-state index is 0.107. The van der Waals surface area contributed by atoms with Gasteiger partial charge in [-0.2, -0.15) is 4.98 Å². The van der Waals surface area contributed by atoms with E-state index in [1.807, 2.05) is 0 Å². The van der Waals surface area contributed by atoms with Gasteiger partial charge in [0.05, 0.1) is 23.6 Å². The van der Waals surface area contributed by atoms with Crippen molar-refractivity contribution in [3.05, 3.63) is 26.2 Å². The van der Waals surface area contributed by atoms with Crippen LogP contribution in [0.2, 0.25) is 0 Å². The van der Waals surface area contributed by atoms with Crippen LogP contribution in [-0.4, -0.2) is 34.4 Å². The third-order valence-corrected chi connectivity index (χ3v) is 3.82. The molecule has 0 aliphatic heterocycles. The summed E-state index contributed by atoms with van der Waals surface area (Å²) in [4.78, 5) is 19.3. The van der Waals surface area contributed by atoms with Gasteiger partial charge in [0.25, 0.3) is 11.8 Å². The first-order chi connectivity index (χ1) is 10.0. The fourth-order valence-electron chi connectivity index (χ4n) is 1.93. The molecule has 2 rings (SSSR count). The highest BCUT2D eigenvalue weighted by atomic mass is 79.9. The van der Waals surface area contributed by atoms with E-state index in [4.69, 9.17) is 9.47 Å². The molecule has 0 spiro atoms. The Morgan fingerprint density at radius 1 is 1.24 bits per heavy atom. The van der Waals surface area contributed by atoms with E-state index in [-0.39, 0.29) is 23.0 Å². The summed E-state index contributed by atoms with van der Waals surface area (Å²) in [5.74, 6) is 0.299. The molecule has 0 amide bonds. The second-order valence-corrected chi connectivity index (χ2v) is 5.65. The first-order valence-corrected chi connectivity index (χ1v) is 7.76. The number of aromatic nitrogens is 2. The van der Waals surface area contributed by atoms with Crippen molar-refractivity contribution < 1.29 is 14.4 Å². The molecule has 0 atom stereocenters. The van der Waals surface area contributed by atoms with Crippen LogP contribution in [0.3, 0.4) is 0 Å². The van der Waals surface area contributed by atoms with Gasteiger partial charge in [0.2, 0.25) is 0 Å². The summed E-state index contributed by atoms with van der Waals surface area (Å²) in [6.45, 7) is 0. The van der Waals surface area contributed by atoms with E-state index in [0.29, 0.717) is 21.7 Å². The second kappa shape index (κ2) is 6.52. The number of hydrogen-bond acceptors (Lipinski definition) is 6. The van der Waals surface area contributed by atoms with E-state index < -0.39 is 4.92 Å². The monoisotopic (exact) mass is 419 g/mol. The summed E-state index contributed by atoms with van der Waals surface area (Å²) in [6, 6.07) is 1.68. The zero-order chi connectivity index (χ0) is 15.6. The van der Waals surface area contributed by atoms with E-state index in [1.165, 1.54) is 14.2 Å². The topological polar surface area (TPSA) is 87.4 Å². The number of benzene rings is 1. The molecule has 0 radical (unpaired) electrons. The van der Waals surface area contributed by atoms with E-state index in [2.05, 4.69) is 41.8 Å². The van der Waals surface area contributed by atoms with E-state index >= 15 is 0 Å². The van der Waals surface area contributed by atoms with Crippen molar-refractivity contribution in [1.29, 1.82) is 0 Å². The van der Waals surface area contributed by atoms with Crippen molar-refractivity contribution in [2.75, 3.05) is 19.5 Å². The van der Waals surface area contributed by atoms with Gasteiger partial charge in [-0.3, -0.25) is 10.1 Å². The Hall–Kier alpha value is -1.48. The molecule has 0 saturated heterocycles. The molecule has 0 bridgehead atoms. The number of aryl methyl sites for hydroxylation is 1. The van der Waals surface area contributed by atoms with Gasteiger partial charge >= 0.3 is 5.69 Å². The van der Waals surface area contributed by atoms with Gasteiger partial charge < -0.3 is 9.47 Å². The predicted octanol–water partition coefficient (Wildman–Crippen LogP) is 3.26. The van der Waals surface area contributed by atoms with Gasteiger partial charge in [-0.25, -0.2) is 4.98 Å². The standard InChI is InChI=1S/C12H11Br2N3O4/c1-20-11-12(21-2)16-9-8(15-11)6(3-4-13)5-7(14)10(9)17(18)19/h5H,3-4H2,1-2H3. The maximum absolute atomic E-state index is 11.3. The fourth-order valence-corrected chi connectivity index (χ4v) is 2.96. The van der Waals surface area contributed by atoms with Crippen LogP contribution in [0.5, 0.6) is 11.8 Å². The molecule has 112 valence electrons. The lowest BCUT2D eigenvalue weighted by Crippen LogP contribution is -2.03. The van der Waals surface area contributed by atoms with E-state index in [1.54, 1.807) is 6.07 Å². The van der Waals surface area contributed by atoms with Gasteiger partial charge in [-0.15, -0.1) is 0 Å². The lowest BCUT2D eigenvalue weighted by atomic mass is 10.1. The largest absolute Gasteiger partial charge is 0.477 e. The summed E-state index contributed by atoms with van der Waals surface area (Å²) in [5, 5.41) is 12.0. The second-order valence-electron chi connectivity index (χ2n) is 4.00. The number of methoxy groups -OCH3 is 2. The molecule has 1 aromatic carbocycles. The molecule has 0 saturated carbocycles. The maximum atomic E-state index is 11.3. The number of rotatable bonds is 5. The van der Waals surface area contributed by atoms with Gasteiger partial charge in [-0.05, 0) is 34.0 Å². The number of nitro benzene ring substituents is 1. The van der Waals surface area contributed by atoms with Crippen molar-refractivity contribution >= 4 is 48.6 Å². The molecule has 1 aromatic heterocycles. The summed E-state index contributed by atoms with van der Waals surface area (Å²) in [6.07, 6.45) is 0.650. The molecular weight excluding hydrogens is 410 g/mol. The average molecular weight is 421 g/mol. The summed E-state index contributed by atoms with van der Waals surface area (Å²) in [5.41, 5.74) is 1.29. The lowest BCUT2D eigenvalue weighted by Gasteiger charge is -2.10. The van der Waals surface area contributed by atoms with Crippen LogP contribution in [0, 0.1) is 10.1 Å². The fraction of sp³-hybridized carbons (Fsp3) is 0.333.